The molecular weight excluding hydrogens is 825 g/mol. The fraction of sp³-hybridized carbons (Fsp3) is 0.787. The molecule has 1 unspecified atom stereocenters. The van der Waals surface area contributed by atoms with E-state index in [1.807, 2.05) is 83.8 Å². The lowest BCUT2D eigenvalue weighted by molar-refractivity contribution is -0.148. The van der Waals surface area contributed by atoms with Crippen molar-refractivity contribution in [1.82, 2.24) is 25.3 Å². The van der Waals surface area contributed by atoms with E-state index >= 15 is 0 Å². The number of hydrogen-bond acceptors (Lipinski definition) is 13. The highest BCUT2D eigenvalue weighted by molar-refractivity contribution is 5.90. The van der Waals surface area contributed by atoms with Gasteiger partial charge in [-0.15, -0.1) is 0 Å². The molecule has 0 radical (unpaired) electrons. The van der Waals surface area contributed by atoms with Crippen LogP contribution in [0.15, 0.2) is 30.3 Å². The van der Waals surface area contributed by atoms with Crippen molar-refractivity contribution in [2.75, 3.05) is 87.7 Å². The highest BCUT2D eigenvalue weighted by Gasteiger charge is 2.43. The zero-order valence-electron chi connectivity index (χ0n) is 41.0. The molecule has 0 aliphatic carbocycles. The molecule has 0 spiro atoms. The maximum atomic E-state index is 14.5. The van der Waals surface area contributed by atoms with E-state index in [2.05, 4.69) is 15.5 Å². The summed E-state index contributed by atoms with van der Waals surface area (Å²) in [7, 11) is 6.71. The first-order valence-electron chi connectivity index (χ1n) is 23.2. The number of carbonyl (C=O) groups is 4. The summed E-state index contributed by atoms with van der Waals surface area (Å²) in [5, 5.41) is 16.9. The van der Waals surface area contributed by atoms with E-state index in [0.29, 0.717) is 77.7 Å². The van der Waals surface area contributed by atoms with Crippen molar-refractivity contribution in [3.63, 3.8) is 0 Å². The number of benzene rings is 1. The quantitative estimate of drug-likeness (QED) is 0.0607. The molecule has 0 aromatic heterocycles. The third kappa shape index (κ3) is 17.5. The van der Waals surface area contributed by atoms with E-state index in [4.69, 9.17) is 29.6 Å². The zero-order valence-corrected chi connectivity index (χ0v) is 41.0. The smallest absolute Gasteiger partial charge is 0.245 e. The third-order valence-corrected chi connectivity index (χ3v) is 12.5. The largest absolute Gasteiger partial charge is 0.386 e. The van der Waals surface area contributed by atoms with Crippen LogP contribution in [0.1, 0.15) is 92.7 Å². The zero-order chi connectivity index (χ0) is 47.9. The summed E-state index contributed by atoms with van der Waals surface area (Å²) in [6.45, 7) is 19.1. The first kappa shape index (κ1) is 56.9. The van der Waals surface area contributed by atoms with Crippen LogP contribution in [-0.4, -0.2) is 174 Å². The molecule has 368 valence electrons. The summed E-state index contributed by atoms with van der Waals surface area (Å²) >= 11 is 0. The Balaban J connectivity index is 2.13. The van der Waals surface area contributed by atoms with Crippen molar-refractivity contribution in [2.24, 2.45) is 29.6 Å². The topological polar surface area (TPSA) is 204 Å². The van der Waals surface area contributed by atoms with Gasteiger partial charge in [-0.3, -0.25) is 24.1 Å². The molecular formula is C47H84N6O11. The van der Waals surface area contributed by atoms with Gasteiger partial charge < -0.3 is 54.1 Å². The second-order valence-electron chi connectivity index (χ2n) is 17.8. The molecule has 1 heterocycles. The lowest BCUT2D eigenvalue weighted by Crippen LogP contribution is -2.60. The normalized spacial score (nSPS) is 18.6. The van der Waals surface area contributed by atoms with Gasteiger partial charge in [-0.05, 0) is 50.1 Å². The fourth-order valence-corrected chi connectivity index (χ4v) is 8.66. The molecule has 5 N–H and O–H groups in total. The van der Waals surface area contributed by atoms with Crippen molar-refractivity contribution < 1.29 is 52.8 Å². The molecule has 2 rings (SSSR count). The molecule has 10 atom stereocenters. The maximum Gasteiger partial charge on any atom is 0.245 e. The van der Waals surface area contributed by atoms with Crippen molar-refractivity contribution in [2.45, 2.75) is 130 Å². The van der Waals surface area contributed by atoms with Crippen LogP contribution in [-0.2, 0) is 47.7 Å². The van der Waals surface area contributed by atoms with Crippen LogP contribution >= 0.6 is 0 Å². The number of nitrogens with one attached hydrogen (secondary N) is 2. The van der Waals surface area contributed by atoms with E-state index in [1.54, 1.807) is 44.9 Å². The lowest BCUT2D eigenvalue weighted by atomic mass is 9.89. The van der Waals surface area contributed by atoms with E-state index in [-0.39, 0.29) is 53.8 Å². The van der Waals surface area contributed by atoms with Crippen molar-refractivity contribution >= 4 is 23.6 Å². The average molecular weight is 909 g/mol. The Morgan fingerprint density at radius 3 is 1.95 bits per heavy atom. The summed E-state index contributed by atoms with van der Waals surface area (Å²) in [5.74, 6) is 3.05. The number of likely N-dealkylation sites (tertiary alicyclic amines) is 1. The number of aliphatic hydroxyl groups is 1. The van der Waals surface area contributed by atoms with Gasteiger partial charge in [0.05, 0.1) is 101 Å². The number of aliphatic hydroxyl groups excluding tert-OH is 1. The highest BCUT2D eigenvalue weighted by Crippen LogP contribution is 2.30. The van der Waals surface area contributed by atoms with Gasteiger partial charge in [-0.25, -0.2) is 5.90 Å². The molecule has 1 fully saturated rings. The Hall–Kier alpha value is -3.26. The molecule has 4 amide bonds. The number of carbonyl (C=O) groups excluding carboxylic acids is 4. The van der Waals surface area contributed by atoms with Crippen LogP contribution in [0.5, 0.6) is 0 Å². The highest BCUT2D eigenvalue weighted by atomic mass is 16.6. The Morgan fingerprint density at radius 2 is 1.42 bits per heavy atom. The predicted molar refractivity (Wildman–Crippen MR) is 246 cm³/mol. The molecule has 1 aliphatic rings. The number of nitrogens with zero attached hydrogens (tertiary/aromatic N) is 3. The summed E-state index contributed by atoms with van der Waals surface area (Å²) in [4.78, 5) is 66.3. The van der Waals surface area contributed by atoms with Gasteiger partial charge >= 0.3 is 0 Å². The van der Waals surface area contributed by atoms with Crippen LogP contribution in [0, 0.1) is 23.7 Å². The van der Waals surface area contributed by atoms with Gasteiger partial charge in [0, 0.05) is 34.4 Å². The minimum absolute atomic E-state index is 0.00352. The van der Waals surface area contributed by atoms with E-state index in [9.17, 15) is 24.3 Å². The molecule has 64 heavy (non-hydrogen) atoms. The van der Waals surface area contributed by atoms with Gasteiger partial charge in [0.1, 0.15) is 6.04 Å². The number of likely N-dealkylation sites (N-methyl/N-ethyl adjacent to an activating group) is 2. The average Bonchev–Trinajstić information content (AvgIpc) is 3.76. The summed E-state index contributed by atoms with van der Waals surface area (Å²) in [6.07, 6.45) is -0.0341. The summed E-state index contributed by atoms with van der Waals surface area (Å²) in [5.41, 5.74) is 0.702. The Bertz CT molecular complexity index is 1490. The second kappa shape index (κ2) is 30.1. The maximum absolute atomic E-state index is 14.5. The number of nitrogens with two attached hydrogens (primary N) is 1. The molecule has 1 aromatic carbocycles. The fourth-order valence-electron chi connectivity index (χ4n) is 8.66. The minimum atomic E-state index is -0.892. The van der Waals surface area contributed by atoms with Gasteiger partial charge in [-0.2, -0.15) is 0 Å². The van der Waals surface area contributed by atoms with Crippen molar-refractivity contribution in [3.05, 3.63) is 35.9 Å². The number of amides is 4. The molecule has 0 saturated carbocycles. The first-order chi connectivity index (χ1) is 30.5. The van der Waals surface area contributed by atoms with E-state index in [1.165, 1.54) is 0 Å². The van der Waals surface area contributed by atoms with Gasteiger partial charge in [0.15, 0.2) is 0 Å². The molecule has 17 nitrogen and oxygen atoms in total. The lowest BCUT2D eigenvalue weighted by Gasteiger charge is -2.41. The van der Waals surface area contributed by atoms with Crippen LogP contribution in [0.3, 0.4) is 0 Å². The van der Waals surface area contributed by atoms with Crippen molar-refractivity contribution in [1.29, 1.82) is 0 Å². The first-order valence-corrected chi connectivity index (χ1v) is 23.2. The van der Waals surface area contributed by atoms with E-state index in [0.717, 1.165) is 6.42 Å². The van der Waals surface area contributed by atoms with Gasteiger partial charge in [-0.1, -0.05) is 85.2 Å². The predicted octanol–water partition coefficient (Wildman–Crippen LogP) is 3.18. The monoisotopic (exact) mass is 909 g/mol. The van der Waals surface area contributed by atoms with Crippen LogP contribution < -0.4 is 16.5 Å². The molecule has 1 saturated heterocycles. The molecule has 1 aliphatic heterocycles. The molecule has 0 bridgehead atoms. The Labute approximate surface area is 383 Å². The van der Waals surface area contributed by atoms with Crippen LogP contribution in [0.25, 0.3) is 0 Å². The third-order valence-electron chi connectivity index (χ3n) is 12.5. The minimum Gasteiger partial charge on any atom is -0.386 e. The van der Waals surface area contributed by atoms with Gasteiger partial charge in [0.2, 0.25) is 23.6 Å². The standard InChI is InChI=1S/C47H84N6O11/c1-13-33(6)42(52(10)47(58)40(31(2)3)50-46(57)41(32(4)5)51(9)22-23-61-24-25-62-26-27-63-28-29-64-48)38(59-11)30-39(54)53-21-17-20-37(53)44(60-12)34(7)45(56)49-35(8)43(55)36-18-15-14-16-19-36/h14-16,18-19,31-35,37-38,40-44,55H,13,17,20-30,48H2,1-12H3,(H,49,56)(H,50,57)/t33-,34+,35+,37-,38+,40-,41?,42-,43+,44+/m0/s1. The molecule has 1 aromatic rings. The van der Waals surface area contributed by atoms with Crippen molar-refractivity contribution in [3.8, 4) is 0 Å². The summed E-state index contributed by atoms with van der Waals surface area (Å²) in [6, 6.07) is 6.41. The second-order valence-corrected chi connectivity index (χ2v) is 17.8. The van der Waals surface area contributed by atoms with Gasteiger partial charge in [0.25, 0.3) is 0 Å². The number of rotatable bonds is 32. The molecule has 17 heteroatoms. The van der Waals surface area contributed by atoms with Crippen LogP contribution in [0.2, 0.25) is 0 Å². The number of ether oxygens (including phenoxy) is 5. The van der Waals surface area contributed by atoms with Crippen LogP contribution in [0.4, 0.5) is 0 Å². The summed E-state index contributed by atoms with van der Waals surface area (Å²) < 4.78 is 28.6. The Kier molecular flexibility index (Phi) is 26.8. The Morgan fingerprint density at radius 1 is 0.828 bits per heavy atom. The number of methoxy groups -OCH3 is 2. The number of hydrogen-bond donors (Lipinski definition) is 4. The van der Waals surface area contributed by atoms with E-state index < -0.39 is 48.4 Å². The SMILES string of the molecule is CC[C@H](C)[C@@H]([C@@H](CC(=O)N1CCC[C@H]1[C@H](OC)[C@@H](C)C(=O)N[C@H](C)[C@@H](O)c1ccccc1)OC)N(C)C(=O)[C@@H](NC(=O)C(C(C)C)N(C)CCOCCOCCOCCON)C(C)C.